The van der Waals surface area contributed by atoms with Crippen LogP contribution in [0.4, 0.5) is 13.2 Å². The van der Waals surface area contributed by atoms with Crippen LogP contribution in [0.15, 0.2) is 48.5 Å². The van der Waals surface area contributed by atoms with Crippen molar-refractivity contribution in [1.29, 1.82) is 0 Å². The Kier molecular flexibility index (Phi) is 5.84. The Balaban J connectivity index is 1.84. The standard InChI is InChI=1S/C18H18F3NO2/c1-2-24-16-9-5-14(6-10-16)17(23)22-12-11-13-3-7-15(8-4-13)18(19,20)21/h3-10H,2,11-12H2,1H3,(H,22,23). The lowest BCUT2D eigenvalue weighted by Gasteiger charge is -2.09. The minimum absolute atomic E-state index is 0.232. The van der Waals surface area contributed by atoms with Gasteiger partial charge in [-0.2, -0.15) is 13.2 Å². The van der Waals surface area contributed by atoms with Gasteiger partial charge in [-0.25, -0.2) is 0 Å². The van der Waals surface area contributed by atoms with Crippen LogP contribution >= 0.6 is 0 Å². The summed E-state index contributed by atoms with van der Waals surface area (Å²) in [6.07, 6.45) is -3.87. The minimum Gasteiger partial charge on any atom is -0.494 e. The Bertz CT molecular complexity index is 664. The third kappa shape index (κ3) is 5.01. The molecule has 0 bridgehead atoms. The van der Waals surface area contributed by atoms with Crippen LogP contribution in [0.2, 0.25) is 0 Å². The lowest BCUT2D eigenvalue weighted by molar-refractivity contribution is -0.137. The molecular weight excluding hydrogens is 319 g/mol. The van der Waals surface area contributed by atoms with Gasteiger partial charge in [0.1, 0.15) is 5.75 Å². The van der Waals surface area contributed by atoms with Crippen molar-refractivity contribution in [2.75, 3.05) is 13.2 Å². The van der Waals surface area contributed by atoms with Crippen LogP contribution in [0.25, 0.3) is 0 Å². The predicted molar refractivity (Wildman–Crippen MR) is 85.1 cm³/mol. The van der Waals surface area contributed by atoms with Crippen molar-refractivity contribution < 1.29 is 22.7 Å². The van der Waals surface area contributed by atoms with Crippen molar-refractivity contribution in [3.05, 3.63) is 65.2 Å². The highest BCUT2D eigenvalue weighted by molar-refractivity contribution is 5.94. The first kappa shape index (κ1) is 17.8. The summed E-state index contributed by atoms with van der Waals surface area (Å²) in [5.41, 5.74) is 0.561. The second-order valence-electron chi connectivity index (χ2n) is 5.16. The number of carbonyl (C=O) groups excluding carboxylic acids is 1. The number of alkyl halides is 3. The van der Waals surface area contributed by atoms with Gasteiger partial charge in [0.05, 0.1) is 12.2 Å². The van der Waals surface area contributed by atoms with Crippen LogP contribution in [0, 0.1) is 0 Å². The maximum absolute atomic E-state index is 12.5. The molecule has 0 spiro atoms. The summed E-state index contributed by atoms with van der Waals surface area (Å²) in [5.74, 6) is 0.462. The van der Waals surface area contributed by atoms with E-state index in [0.29, 0.717) is 30.9 Å². The molecule has 1 amide bonds. The summed E-state index contributed by atoms with van der Waals surface area (Å²) in [6, 6.07) is 11.7. The fourth-order valence-corrected chi connectivity index (χ4v) is 2.15. The topological polar surface area (TPSA) is 38.3 Å². The summed E-state index contributed by atoms with van der Waals surface area (Å²) >= 11 is 0. The summed E-state index contributed by atoms with van der Waals surface area (Å²) in [7, 11) is 0. The van der Waals surface area contributed by atoms with Crippen molar-refractivity contribution in [2.24, 2.45) is 0 Å². The first-order chi connectivity index (χ1) is 11.4. The molecule has 2 rings (SSSR count). The molecule has 0 saturated heterocycles. The minimum atomic E-state index is -4.33. The van der Waals surface area contributed by atoms with Gasteiger partial charge >= 0.3 is 6.18 Å². The van der Waals surface area contributed by atoms with Crippen LogP contribution in [0.3, 0.4) is 0 Å². The van der Waals surface area contributed by atoms with Crippen LogP contribution in [0.1, 0.15) is 28.4 Å². The predicted octanol–water partition coefficient (Wildman–Crippen LogP) is 4.08. The van der Waals surface area contributed by atoms with E-state index in [9.17, 15) is 18.0 Å². The van der Waals surface area contributed by atoms with Crippen LogP contribution in [-0.2, 0) is 12.6 Å². The van der Waals surface area contributed by atoms with Crippen LogP contribution < -0.4 is 10.1 Å². The number of halogens is 3. The number of rotatable bonds is 6. The van der Waals surface area contributed by atoms with Gasteiger partial charge in [0.15, 0.2) is 0 Å². The van der Waals surface area contributed by atoms with E-state index in [0.717, 1.165) is 17.7 Å². The largest absolute Gasteiger partial charge is 0.494 e. The maximum Gasteiger partial charge on any atom is 0.416 e. The van der Waals surface area contributed by atoms with E-state index in [-0.39, 0.29) is 5.91 Å². The molecule has 6 heteroatoms. The van der Waals surface area contributed by atoms with Gasteiger partial charge in [-0.3, -0.25) is 4.79 Å². The van der Waals surface area contributed by atoms with Gasteiger partial charge in [-0.15, -0.1) is 0 Å². The fourth-order valence-electron chi connectivity index (χ4n) is 2.15. The molecule has 128 valence electrons. The van der Waals surface area contributed by atoms with Crippen molar-refractivity contribution in [3.8, 4) is 5.75 Å². The number of hydrogen-bond donors (Lipinski definition) is 1. The van der Waals surface area contributed by atoms with Gasteiger partial charge in [0.25, 0.3) is 5.91 Å². The molecule has 24 heavy (non-hydrogen) atoms. The SMILES string of the molecule is CCOc1ccc(C(=O)NCCc2ccc(C(F)(F)F)cc2)cc1. The van der Waals surface area contributed by atoms with Gasteiger partial charge in [0, 0.05) is 12.1 Å². The molecule has 0 unspecified atom stereocenters. The quantitative estimate of drug-likeness (QED) is 0.863. The summed E-state index contributed by atoms with van der Waals surface area (Å²) in [6.45, 7) is 2.78. The lowest BCUT2D eigenvalue weighted by atomic mass is 10.1. The molecule has 2 aromatic carbocycles. The second-order valence-corrected chi connectivity index (χ2v) is 5.16. The molecule has 0 aliphatic carbocycles. The molecule has 0 aromatic heterocycles. The summed E-state index contributed by atoms with van der Waals surface area (Å²) in [5, 5.41) is 2.74. The smallest absolute Gasteiger partial charge is 0.416 e. The van der Waals surface area contributed by atoms with Crippen molar-refractivity contribution in [1.82, 2.24) is 5.32 Å². The lowest BCUT2D eigenvalue weighted by Crippen LogP contribution is -2.25. The first-order valence-electron chi connectivity index (χ1n) is 7.57. The molecule has 0 atom stereocenters. The third-order valence-electron chi connectivity index (χ3n) is 3.41. The number of benzene rings is 2. The highest BCUT2D eigenvalue weighted by Gasteiger charge is 2.29. The van der Waals surface area contributed by atoms with E-state index >= 15 is 0 Å². The van der Waals surface area contributed by atoms with E-state index in [1.54, 1.807) is 24.3 Å². The van der Waals surface area contributed by atoms with E-state index in [2.05, 4.69) is 5.32 Å². The second kappa shape index (κ2) is 7.86. The van der Waals surface area contributed by atoms with Crippen LogP contribution in [0.5, 0.6) is 5.75 Å². The average molecular weight is 337 g/mol. The molecule has 0 heterocycles. The Hall–Kier alpha value is -2.50. The number of nitrogens with one attached hydrogen (secondary N) is 1. The molecule has 1 N–H and O–H groups in total. The summed E-state index contributed by atoms with van der Waals surface area (Å²) in [4.78, 5) is 12.0. The van der Waals surface area contributed by atoms with Gasteiger partial charge in [-0.1, -0.05) is 12.1 Å². The van der Waals surface area contributed by atoms with E-state index in [1.165, 1.54) is 12.1 Å². The van der Waals surface area contributed by atoms with Gasteiger partial charge in [-0.05, 0) is 55.3 Å². The zero-order chi connectivity index (χ0) is 17.6. The van der Waals surface area contributed by atoms with Gasteiger partial charge < -0.3 is 10.1 Å². The number of ether oxygens (including phenoxy) is 1. The first-order valence-corrected chi connectivity index (χ1v) is 7.57. The molecule has 3 nitrogen and oxygen atoms in total. The molecular formula is C18H18F3NO2. The van der Waals surface area contributed by atoms with Crippen molar-refractivity contribution >= 4 is 5.91 Å². The zero-order valence-electron chi connectivity index (χ0n) is 13.2. The number of hydrogen-bond acceptors (Lipinski definition) is 2. The Labute approximate surface area is 138 Å². The highest BCUT2D eigenvalue weighted by atomic mass is 19.4. The number of carbonyl (C=O) groups is 1. The zero-order valence-corrected chi connectivity index (χ0v) is 13.2. The van der Waals surface area contributed by atoms with E-state index in [4.69, 9.17) is 4.74 Å². The molecule has 2 aromatic rings. The van der Waals surface area contributed by atoms with E-state index in [1.807, 2.05) is 6.92 Å². The Morgan fingerprint density at radius 2 is 1.67 bits per heavy atom. The Morgan fingerprint density at radius 3 is 2.21 bits per heavy atom. The fraction of sp³-hybridized carbons (Fsp3) is 0.278. The van der Waals surface area contributed by atoms with Crippen molar-refractivity contribution in [2.45, 2.75) is 19.5 Å². The number of amides is 1. The Morgan fingerprint density at radius 1 is 1.04 bits per heavy atom. The average Bonchev–Trinajstić information content (AvgIpc) is 2.55. The molecule has 0 radical (unpaired) electrons. The van der Waals surface area contributed by atoms with E-state index < -0.39 is 11.7 Å². The molecule has 0 saturated carbocycles. The van der Waals surface area contributed by atoms with Crippen LogP contribution in [-0.4, -0.2) is 19.1 Å². The molecule has 0 aliphatic heterocycles. The van der Waals surface area contributed by atoms with Gasteiger partial charge in [0.2, 0.25) is 0 Å². The maximum atomic E-state index is 12.5. The molecule has 0 aliphatic rings. The normalized spacial score (nSPS) is 11.2. The summed E-state index contributed by atoms with van der Waals surface area (Å²) < 4.78 is 42.7. The monoisotopic (exact) mass is 337 g/mol. The highest BCUT2D eigenvalue weighted by Crippen LogP contribution is 2.29. The third-order valence-corrected chi connectivity index (χ3v) is 3.41. The molecule has 0 fully saturated rings. The van der Waals surface area contributed by atoms with Crippen molar-refractivity contribution in [3.63, 3.8) is 0 Å².